The molecule has 5 heteroatoms. The maximum atomic E-state index is 10.9. The summed E-state index contributed by atoms with van der Waals surface area (Å²) in [6.45, 7) is 0. The van der Waals surface area contributed by atoms with Crippen molar-refractivity contribution in [3.63, 3.8) is 0 Å². The molecule has 0 aromatic heterocycles. The van der Waals surface area contributed by atoms with Gasteiger partial charge in [0.05, 0.1) is 7.11 Å². The second-order valence-corrected chi connectivity index (χ2v) is 5.21. The number of ether oxygens (including phenoxy) is 1. The molecule has 0 unspecified atom stereocenters. The molecular formula is C10H20N2O2S. The largest absolute Gasteiger partial charge is 0.469 e. The lowest BCUT2D eigenvalue weighted by Crippen LogP contribution is -2.43. The smallest absolute Gasteiger partial charge is 0.305 e. The van der Waals surface area contributed by atoms with Crippen LogP contribution in [0.5, 0.6) is 0 Å². The summed E-state index contributed by atoms with van der Waals surface area (Å²) in [4.78, 5) is 10.9. The van der Waals surface area contributed by atoms with Crippen LogP contribution in [0.15, 0.2) is 0 Å². The minimum Gasteiger partial charge on any atom is -0.469 e. The second-order valence-electron chi connectivity index (χ2n) is 3.93. The zero-order valence-corrected chi connectivity index (χ0v) is 9.96. The topological polar surface area (TPSA) is 78.3 Å². The SMILES string of the molecule is COC(=O)CCCC[C@@H]1SC[C@@H](N)[C@H]1N. The van der Waals surface area contributed by atoms with E-state index in [2.05, 4.69) is 4.74 Å². The molecule has 0 saturated carbocycles. The van der Waals surface area contributed by atoms with E-state index in [1.54, 1.807) is 0 Å². The summed E-state index contributed by atoms with van der Waals surface area (Å²) in [5, 5.41) is 0.470. The van der Waals surface area contributed by atoms with E-state index >= 15 is 0 Å². The maximum Gasteiger partial charge on any atom is 0.305 e. The van der Waals surface area contributed by atoms with Gasteiger partial charge >= 0.3 is 5.97 Å². The fourth-order valence-corrected chi connectivity index (χ4v) is 3.17. The van der Waals surface area contributed by atoms with Crippen LogP contribution in [0.1, 0.15) is 25.7 Å². The molecule has 15 heavy (non-hydrogen) atoms. The first-order chi connectivity index (χ1) is 7.15. The van der Waals surface area contributed by atoms with Crippen LogP contribution in [-0.4, -0.2) is 36.2 Å². The van der Waals surface area contributed by atoms with Gasteiger partial charge in [-0.3, -0.25) is 4.79 Å². The molecule has 4 N–H and O–H groups in total. The quantitative estimate of drug-likeness (QED) is 0.533. The van der Waals surface area contributed by atoms with Gasteiger partial charge in [-0.25, -0.2) is 0 Å². The average molecular weight is 232 g/mol. The van der Waals surface area contributed by atoms with E-state index in [-0.39, 0.29) is 18.1 Å². The number of methoxy groups -OCH3 is 1. The summed E-state index contributed by atoms with van der Waals surface area (Å²) >= 11 is 1.86. The van der Waals surface area contributed by atoms with E-state index in [9.17, 15) is 4.79 Å². The molecule has 1 aliphatic rings. The van der Waals surface area contributed by atoms with Crippen molar-refractivity contribution in [1.29, 1.82) is 0 Å². The number of hydrogen-bond acceptors (Lipinski definition) is 5. The molecule has 1 fully saturated rings. The van der Waals surface area contributed by atoms with E-state index in [0.29, 0.717) is 11.7 Å². The molecule has 1 aliphatic heterocycles. The Morgan fingerprint density at radius 3 is 2.73 bits per heavy atom. The molecule has 0 bridgehead atoms. The van der Waals surface area contributed by atoms with E-state index in [1.165, 1.54) is 7.11 Å². The number of esters is 1. The molecule has 88 valence electrons. The summed E-state index contributed by atoms with van der Waals surface area (Å²) in [5.74, 6) is 0.832. The number of nitrogens with two attached hydrogens (primary N) is 2. The van der Waals surface area contributed by atoms with Gasteiger partial charge in [0.25, 0.3) is 0 Å². The zero-order valence-electron chi connectivity index (χ0n) is 9.15. The third kappa shape index (κ3) is 4.01. The monoisotopic (exact) mass is 232 g/mol. The number of carbonyl (C=O) groups is 1. The van der Waals surface area contributed by atoms with Gasteiger partial charge in [0.1, 0.15) is 0 Å². The van der Waals surface area contributed by atoms with Crippen LogP contribution in [0, 0.1) is 0 Å². The number of unbranched alkanes of at least 4 members (excludes halogenated alkanes) is 1. The van der Waals surface area contributed by atoms with Gasteiger partial charge in [-0.2, -0.15) is 11.8 Å². The molecular weight excluding hydrogens is 212 g/mol. The first-order valence-electron chi connectivity index (χ1n) is 5.34. The Kier molecular flexibility index (Phi) is 5.42. The fraction of sp³-hybridized carbons (Fsp3) is 0.900. The van der Waals surface area contributed by atoms with Gasteiger partial charge in [0, 0.05) is 29.5 Å². The van der Waals surface area contributed by atoms with E-state index in [0.717, 1.165) is 25.0 Å². The first-order valence-corrected chi connectivity index (χ1v) is 6.39. The summed E-state index contributed by atoms with van der Waals surface area (Å²) in [6.07, 6.45) is 3.46. The third-order valence-electron chi connectivity index (χ3n) is 2.77. The summed E-state index contributed by atoms with van der Waals surface area (Å²) < 4.78 is 4.57. The lowest BCUT2D eigenvalue weighted by molar-refractivity contribution is -0.140. The van der Waals surface area contributed by atoms with Crippen LogP contribution in [0.4, 0.5) is 0 Å². The van der Waals surface area contributed by atoms with Crippen LogP contribution in [-0.2, 0) is 9.53 Å². The Morgan fingerprint density at radius 1 is 1.47 bits per heavy atom. The highest BCUT2D eigenvalue weighted by Gasteiger charge is 2.30. The van der Waals surface area contributed by atoms with Crippen LogP contribution >= 0.6 is 11.8 Å². The van der Waals surface area contributed by atoms with Crippen LogP contribution in [0.3, 0.4) is 0 Å². The summed E-state index contributed by atoms with van der Waals surface area (Å²) in [5.41, 5.74) is 11.8. The van der Waals surface area contributed by atoms with Crippen LogP contribution in [0.2, 0.25) is 0 Å². The van der Waals surface area contributed by atoms with Gasteiger partial charge in [-0.15, -0.1) is 0 Å². The van der Waals surface area contributed by atoms with Crippen molar-refractivity contribution in [1.82, 2.24) is 0 Å². The Morgan fingerprint density at radius 2 is 2.20 bits per heavy atom. The Hall–Kier alpha value is -0.260. The Labute approximate surface area is 95.1 Å². The molecule has 3 atom stereocenters. The third-order valence-corrected chi connectivity index (χ3v) is 4.33. The normalized spacial score (nSPS) is 30.5. The average Bonchev–Trinajstić information content (AvgIpc) is 2.55. The Balaban J connectivity index is 2.08. The highest BCUT2D eigenvalue weighted by atomic mass is 32.2. The molecule has 4 nitrogen and oxygen atoms in total. The van der Waals surface area contributed by atoms with Crippen LogP contribution in [0.25, 0.3) is 0 Å². The van der Waals surface area contributed by atoms with Crippen molar-refractivity contribution >= 4 is 17.7 Å². The highest BCUT2D eigenvalue weighted by molar-refractivity contribution is 8.00. The number of hydrogen-bond donors (Lipinski definition) is 2. The predicted octanol–water partition coefficient (Wildman–Crippen LogP) is 0.490. The lowest BCUT2D eigenvalue weighted by atomic mass is 10.0. The van der Waals surface area contributed by atoms with E-state index in [1.807, 2.05) is 11.8 Å². The van der Waals surface area contributed by atoms with Gasteiger partial charge < -0.3 is 16.2 Å². The molecule has 1 heterocycles. The van der Waals surface area contributed by atoms with Crippen molar-refractivity contribution in [2.24, 2.45) is 11.5 Å². The molecule has 0 aliphatic carbocycles. The Bertz CT molecular complexity index is 214. The predicted molar refractivity (Wildman–Crippen MR) is 62.7 cm³/mol. The molecule has 0 amide bonds. The second kappa shape index (κ2) is 6.35. The molecule has 1 saturated heterocycles. The molecule has 1 rings (SSSR count). The zero-order chi connectivity index (χ0) is 11.3. The molecule has 0 aromatic carbocycles. The van der Waals surface area contributed by atoms with Crippen molar-refractivity contribution in [3.05, 3.63) is 0 Å². The van der Waals surface area contributed by atoms with E-state index in [4.69, 9.17) is 11.5 Å². The van der Waals surface area contributed by atoms with Gasteiger partial charge in [-0.1, -0.05) is 6.42 Å². The van der Waals surface area contributed by atoms with Crippen LogP contribution < -0.4 is 11.5 Å². The van der Waals surface area contributed by atoms with Gasteiger partial charge in [0.2, 0.25) is 0 Å². The molecule has 0 spiro atoms. The first kappa shape index (κ1) is 12.8. The van der Waals surface area contributed by atoms with Crippen molar-refractivity contribution in [2.45, 2.75) is 43.0 Å². The summed E-state index contributed by atoms with van der Waals surface area (Å²) in [6, 6.07) is 0.258. The fourth-order valence-electron chi connectivity index (χ4n) is 1.73. The van der Waals surface area contributed by atoms with Crippen molar-refractivity contribution in [3.8, 4) is 0 Å². The van der Waals surface area contributed by atoms with E-state index < -0.39 is 0 Å². The standard InChI is InChI=1S/C10H20N2O2S/c1-14-9(13)5-3-2-4-8-10(12)7(11)6-15-8/h7-8,10H,2-6,11-12H2,1H3/t7-,8+,10-/m1/s1. The molecule has 0 aromatic rings. The minimum absolute atomic E-state index is 0.119. The van der Waals surface area contributed by atoms with Crippen molar-refractivity contribution in [2.75, 3.05) is 12.9 Å². The van der Waals surface area contributed by atoms with Crippen molar-refractivity contribution < 1.29 is 9.53 Å². The lowest BCUT2D eigenvalue weighted by Gasteiger charge is -2.16. The minimum atomic E-state index is -0.130. The number of carbonyl (C=O) groups excluding carboxylic acids is 1. The number of thioether (sulfide) groups is 1. The van der Waals surface area contributed by atoms with Gasteiger partial charge in [-0.05, 0) is 12.8 Å². The number of rotatable bonds is 5. The van der Waals surface area contributed by atoms with Gasteiger partial charge in [0.15, 0.2) is 0 Å². The maximum absolute atomic E-state index is 10.9. The molecule has 0 radical (unpaired) electrons. The summed E-state index contributed by atoms with van der Waals surface area (Å²) in [7, 11) is 1.42. The highest BCUT2D eigenvalue weighted by Crippen LogP contribution is 2.28.